The molecule has 20 heavy (non-hydrogen) atoms. The molecule has 0 aliphatic rings. The smallest absolute Gasteiger partial charge is 0.0533 e. The lowest BCUT2D eigenvalue weighted by Crippen LogP contribution is -2.22. The van der Waals surface area contributed by atoms with Crippen molar-refractivity contribution in [3.8, 4) is 0 Å². The molecular formula is C18H32N2. The summed E-state index contributed by atoms with van der Waals surface area (Å²) >= 11 is 0. The minimum Gasteiger partial charge on any atom is -0.159 e. The first kappa shape index (κ1) is 17.1. The van der Waals surface area contributed by atoms with Gasteiger partial charge in [-0.2, -0.15) is 10.2 Å². The summed E-state index contributed by atoms with van der Waals surface area (Å²) in [5.41, 5.74) is 1.66. The zero-order chi connectivity index (χ0) is 14.7. The molecule has 0 N–H and O–H groups in total. The molecule has 1 unspecified atom stereocenters. The van der Waals surface area contributed by atoms with Gasteiger partial charge >= 0.3 is 0 Å². The van der Waals surface area contributed by atoms with Crippen LogP contribution in [0, 0.1) is 0 Å². The third-order valence-electron chi connectivity index (χ3n) is 4.45. The average Bonchev–Trinajstić information content (AvgIpc) is 2.48. The van der Waals surface area contributed by atoms with Crippen molar-refractivity contribution in [3.63, 3.8) is 0 Å². The summed E-state index contributed by atoms with van der Waals surface area (Å²) < 4.78 is 0. The monoisotopic (exact) mass is 276 g/mol. The highest BCUT2D eigenvalue weighted by molar-refractivity contribution is 5.18. The van der Waals surface area contributed by atoms with Crippen LogP contribution in [0.2, 0.25) is 0 Å². The fourth-order valence-electron chi connectivity index (χ4n) is 2.95. The van der Waals surface area contributed by atoms with Crippen LogP contribution in [-0.4, -0.2) is 10.2 Å². The van der Waals surface area contributed by atoms with Crippen LogP contribution >= 0.6 is 0 Å². The van der Waals surface area contributed by atoms with E-state index in [1.807, 2.05) is 12.4 Å². The van der Waals surface area contributed by atoms with E-state index in [2.05, 4.69) is 37.0 Å². The molecule has 2 nitrogen and oxygen atoms in total. The van der Waals surface area contributed by atoms with Gasteiger partial charge in [0.1, 0.15) is 0 Å². The quantitative estimate of drug-likeness (QED) is 0.486. The van der Waals surface area contributed by atoms with Crippen LogP contribution in [0.15, 0.2) is 18.5 Å². The Balaban J connectivity index is 2.55. The molecule has 0 spiro atoms. The molecule has 0 amide bonds. The largest absolute Gasteiger partial charge is 0.159 e. The molecule has 0 saturated heterocycles. The molecule has 0 fully saturated rings. The van der Waals surface area contributed by atoms with E-state index in [1.54, 1.807) is 0 Å². The molecule has 1 aromatic rings. The van der Waals surface area contributed by atoms with Gasteiger partial charge in [0, 0.05) is 6.20 Å². The van der Waals surface area contributed by atoms with Crippen molar-refractivity contribution in [2.75, 3.05) is 0 Å². The van der Waals surface area contributed by atoms with E-state index >= 15 is 0 Å². The van der Waals surface area contributed by atoms with Crippen molar-refractivity contribution in [3.05, 3.63) is 24.0 Å². The Kier molecular flexibility index (Phi) is 8.48. The second kappa shape index (κ2) is 9.90. The summed E-state index contributed by atoms with van der Waals surface area (Å²) in [6.07, 6.45) is 17.1. The zero-order valence-corrected chi connectivity index (χ0v) is 13.7. The summed E-state index contributed by atoms with van der Waals surface area (Å²) in [7, 11) is 0. The molecule has 114 valence electrons. The molecule has 0 aromatic carbocycles. The molecule has 0 bridgehead atoms. The summed E-state index contributed by atoms with van der Waals surface area (Å²) in [5.74, 6) is 0. The maximum Gasteiger partial charge on any atom is 0.0533 e. The molecule has 1 rings (SSSR count). The van der Waals surface area contributed by atoms with Gasteiger partial charge in [-0.25, -0.2) is 0 Å². The van der Waals surface area contributed by atoms with Gasteiger partial charge in [-0.15, -0.1) is 0 Å². The lowest BCUT2D eigenvalue weighted by Gasteiger charge is -2.30. The average molecular weight is 276 g/mol. The summed E-state index contributed by atoms with van der Waals surface area (Å²) in [6, 6.07) is 2.16. The fraction of sp³-hybridized carbons (Fsp3) is 0.778. The molecule has 1 atom stereocenters. The van der Waals surface area contributed by atoms with Crippen LogP contribution in [-0.2, 0) is 5.41 Å². The number of rotatable bonds is 11. The number of hydrogen-bond acceptors (Lipinski definition) is 2. The van der Waals surface area contributed by atoms with Gasteiger partial charge in [-0.1, -0.05) is 72.1 Å². The van der Waals surface area contributed by atoms with Gasteiger partial charge in [0.15, 0.2) is 0 Å². The zero-order valence-electron chi connectivity index (χ0n) is 13.7. The van der Waals surface area contributed by atoms with Crippen LogP contribution in [0.5, 0.6) is 0 Å². The first-order chi connectivity index (χ1) is 9.73. The van der Waals surface area contributed by atoms with Crippen molar-refractivity contribution >= 4 is 0 Å². The third kappa shape index (κ3) is 6.02. The maximum absolute atomic E-state index is 4.09. The van der Waals surface area contributed by atoms with Crippen molar-refractivity contribution in [2.45, 2.75) is 90.4 Å². The van der Waals surface area contributed by atoms with Crippen molar-refractivity contribution in [1.82, 2.24) is 10.2 Å². The van der Waals surface area contributed by atoms with Gasteiger partial charge in [-0.3, -0.25) is 0 Å². The third-order valence-corrected chi connectivity index (χ3v) is 4.45. The van der Waals surface area contributed by atoms with Crippen LogP contribution in [0.1, 0.15) is 90.5 Å². The summed E-state index contributed by atoms with van der Waals surface area (Å²) in [6.45, 7) is 6.97. The van der Waals surface area contributed by atoms with Crippen molar-refractivity contribution in [2.24, 2.45) is 0 Å². The number of aromatic nitrogens is 2. The predicted molar refractivity (Wildman–Crippen MR) is 86.9 cm³/mol. The Morgan fingerprint density at radius 1 is 0.850 bits per heavy atom. The fourth-order valence-corrected chi connectivity index (χ4v) is 2.95. The molecule has 0 radical (unpaired) electrons. The van der Waals surface area contributed by atoms with Crippen LogP contribution in [0.4, 0.5) is 0 Å². The van der Waals surface area contributed by atoms with E-state index in [0.29, 0.717) is 0 Å². The van der Waals surface area contributed by atoms with Gasteiger partial charge in [0.25, 0.3) is 0 Å². The lowest BCUT2D eigenvalue weighted by molar-refractivity contribution is 0.363. The topological polar surface area (TPSA) is 25.8 Å². The lowest BCUT2D eigenvalue weighted by atomic mass is 9.75. The molecule has 0 aliphatic carbocycles. The summed E-state index contributed by atoms with van der Waals surface area (Å²) in [5, 5.41) is 8.01. The van der Waals surface area contributed by atoms with Crippen LogP contribution < -0.4 is 0 Å². The number of nitrogens with zero attached hydrogens (tertiary/aromatic N) is 2. The number of unbranched alkanes of at least 4 members (excludes halogenated alkanes) is 6. The molecule has 0 aliphatic heterocycles. The molecule has 0 saturated carbocycles. The SMILES string of the molecule is CCCCCCCC(C)(CCCCC)c1ccnnc1. The standard InChI is InChI=1S/C18H32N2/c1-4-6-8-9-11-14-18(3,13-10-7-5-2)17-12-15-19-20-16-17/h12,15-16H,4-11,13-14H2,1-3H3. The molecule has 2 heteroatoms. The van der Waals surface area contributed by atoms with Gasteiger partial charge < -0.3 is 0 Å². The van der Waals surface area contributed by atoms with E-state index in [-0.39, 0.29) is 5.41 Å². The Hall–Kier alpha value is -0.920. The summed E-state index contributed by atoms with van der Waals surface area (Å²) in [4.78, 5) is 0. The first-order valence-electron chi connectivity index (χ1n) is 8.50. The van der Waals surface area contributed by atoms with E-state index in [4.69, 9.17) is 0 Å². The van der Waals surface area contributed by atoms with Crippen LogP contribution in [0.3, 0.4) is 0 Å². The second-order valence-corrected chi connectivity index (χ2v) is 6.31. The highest BCUT2D eigenvalue weighted by atomic mass is 15.1. The van der Waals surface area contributed by atoms with E-state index in [1.165, 1.54) is 69.8 Å². The van der Waals surface area contributed by atoms with Gasteiger partial charge in [0.05, 0.1) is 6.20 Å². The number of hydrogen-bond donors (Lipinski definition) is 0. The van der Waals surface area contributed by atoms with E-state index < -0.39 is 0 Å². The Bertz CT molecular complexity index is 337. The minimum absolute atomic E-state index is 0.289. The highest BCUT2D eigenvalue weighted by Crippen LogP contribution is 2.34. The van der Waals surface area contributed by atoms with Gasteiger partial charge in [0.2, 0.25) is 0 Å². The minimum atomic E-state index is 0.289. The van der Waals surface area contributed by atoms with E-state index in [0.717, 1.165) is 0 Å². The Morgan fingerprint density at radius 2 is 1.45 bits per heavy atom. The molecular weight excluding hydrogens is 244 g/mol. The second-order valence-electron chi connectivity index (χ2n) is 6.31. The normalized spacial score (nSPS) is 14.2. The maximum atomic E-state index is 4.09. The van der Waals surface area contributed by atoms with Crippen LogP contribution in [0.25, 0.3) is 0 Å². The highest BCUT2D eigenvalue weighted by Gasteiger charge is 2.25. The van der Waals surface area contributed by atoms with E-state index in [9.17, 15) is 0 Å². The molecule has 1 heterocycles. The van der Waals surface area contributed by atoms with Crippen molar-refractivity contribution < 1.29 is 0 Å². The Morgan fingerprint density at radius 3 is 2.05 bits per heavy atom. The van der Waals surface area contributed by atoms with Gasteiger partial charge in [-0.05, 0) is 29.9 Å². The Labute approximate surface area is 125 Å². The van der Waals surface area contributed by atoms with Crippen molar-refractivity contribution in [1.29, 1.82) is 0 Å². The first-order valence-corrected chi connectivity index (χ1v) is 8.50. The molecule has 1 aromatic heterocycles. The predicted octanol–water partition coefficient (Wildman–Crippen LogP) is 5.68.